The number of hydrogen-bond donors (Lipinski definition) is 2. The molecule has 0 aliphatic rings. The lowest BCUT2D eigenvalue weighted by molar-refractivity contribution is -0.116. The molecule has 0 unspecified atom stereocenters. The van der Waals surface area contributed by atoms with Crippen LogP contribution in [0.2, 0.25) is 0 Å². The number of sulfonamides is 1. The van der Waals surface area contributed by atoms with Crippen molar-refractivity contribution >= 4 is 27.7 Å². The molecule has 0 saturated heterocycles. The minimum absolute atomic E-state index is 0.0555. The molecule has 1 aromatic heterocycles. The van der Waals surface area contributed by atoms with Gasteiger partial charge < -0.3 is 5.32 Å². The maximum Gasteiger partial charge on any atom is 0.244 e. The van der Waals surface area contributed by atoms with Crippen molar-refractivity contribution < 1.29 is 22.0 Å². The lowest BCUT2D eigenvalue weighted by atomic mass is 10.0. The molecule has 0 radical (unpaired) electrons. The maximum absolute atomic E-state index is 14.3. The van der Waals surface area contributed by atoms with Crippen LogP contribution in [0.15, 0.2) is 60.7 Å². The summed E-state index contributed by atoms with van der Waals surface area (Å²) in [4.78, 5) is 16.7. The predicted octanol–water partition coefficient (Wildman–Crippen LogP) is 4.48. The molecule has 3 rings (SSSR count). The molecule has 9 heteroatoms. The van der Waals surface area contributed by atoms with Gasteiger partial charge in [0, 0.05) is 18.3 Å². The number of pyridine rings is 1. The Morgan fingerprint density at radius 1 is 1.06 bits per heavy atom. The first-order chi connectivity index (χ1) is 16.6. The largest absolute Gasteiger partial charge is 0.348 e. The van der Waals surface area contributed by atoms with Crippen molar-refractivity contribution in [2.45, 2.75) is 33.0 Å². The Labute approximate surface area is 204 Å². The molecule has 0 aliphatic heterocycles. The van der Waals surface area contributed by atoms with Gasteiger partial charge in [0.25, 0.3) is 0 Å². The van der Waals surface area contributed by atoms with E-state index in [4.69, 9.17) is 0 Å². The molecule has 1 heterocycles. The number of nitrogens with one attached hydrogen (secondary N) is 2. The molecule has 0 saturated carbocycles. The predicted molar refractivity (Wildman–Crippen MR) is 133 cm³/mol. The summed E-state index contributed by atoms with van der Waals surface area (Å²) in [5.41, 5.74) is 3.64. The van der Waals surface area contributed by atoms with Gasteiger partial charge in [0.2, 0.25) is 15.9 Å². The van der Waals surface area contributed by atoms with Crippen LogP contribution < -0.4 is 10.0 Å². The Morgan fingerprint density at radius 2 is 1.80 bits per heavy atom. The zero-order valence-corrected chi connectivity index (χ0v) is 20.3. The molecular weight excluding hydrogens is 472 g/mol. The highest BCUT2D eigenvalue weighted by Gasteiger charge is 2.13. The monoisotopic (exact) mass is 499 g/mol. The Morgan fingerprint density at radius 3 is 2.46 bits per heavy atom. The van der Waals surface area contributed by atoms with E-state index in [1.165, 1.54) is 12.1 Å². The van der Waals surface area contributed by atoms with Crippen LogP contribution in [0.3, 0.4) is 0 Å². The summed E-state index contributed by atoms with van der Waals surface area (Å²) in [5, 5.41) is 2.68. The average molecular weight is 500 g/mol. The number of nitrogens with zero attached hydrogens (tertiary/aromatic N) is 1. The normalized spacial score (nSPS) is 11.5. The Hall–Kier alpha value is -3.59. The SMILES string of the molecule is Cc1cc(CNC(=O)/C=C/c2ccc(CF)nc2CCc2ccccc2)cc(F)c1NS(C)(=O)=O. The second-order valence-corrected chi connectivity index (χ2v) is 9.90. The highest BCUT2D eigenvalue weighted by molar-refractivity contribution is 7.92. The number of amides is 1. The number of rotatable bonds is 10. The van der Waals surface area contributed by atoms with Gasteiger partial charge in [0.15, 0.2) is 0 Å². The number of anilines is 1. The number of carbonyl (C=O) groups is 1. The van der Waals surface area contributed by atoms with E-state index in [1.54, 1.807) is 31.2 Å². The first-order valence-corrected chi connectivity index (χ1v) is 12.8. The molecule has 0 spiro atoms. The number of aryl methyl sites for hydroxylation is 3. The van der Waals surface area contributed by atoms with Crippen LogP contribution in [0.5, 0.6) is 0 Å². The fourth-order valence-electron chi connectivity index (χ4n) is 3.54. The van der Waals surface area contributed by atoms with E-state index in [2.05, 4.69) is 15.0 Å². The molecule has 0 atom stereocenters. The first-order valence-electron chi connectivity index (χ1n) is 11.0. The van der Waals surface area contributed by atoms with Crippen molar-refractivity contribution in [1.29, 1.82) is 0 Å². The van der Waals surface area contributed by atoms with E-state index in [0.29, 0.717) is 34.5 Å². The number of carbonyl (C=O) groups excluding carboxylic acids is 1. The van der Waals surface area contributed by atoms with Gasteiger partial charge >= 0.3 is 0 Å². The summed E-state index contributed by atoms with van der Waals surface area (Å²) in [6.07, 6.45) is 5.23. The van der Waals surface area contributed by atoms with Crippen LogP contribution in [0.1, 0.15) is 33.6 Å². The highest BCUT2D eigenvalue weighted by atomic mass is 32.2. The van der Waals surface area contributed by atoms with Gasteiger partial charge in [-0.05, 0) is 60.2 Å². The molecular formula is C26H27F2N3O3S. The first kappa shape index (κ1) is 26.0. The lowest BCUT2D eigenvalue weighted by Crippen LogP contribution is -2.20. The van der Waals surface area contributed by atoms with E-state index >= 15 is 0 Å². The Bertz CT molecular complexity index is 1300. The molecule has 2 N–H and O–H groups in total. The van der Waals surface area contributed by atoms with E-state index in [-0.39, 0.29) is 12.2 Å². The molecule has 184 valence electrons. The maximum atomic E-state index is 14.3. The van der Waals surface area contributed by atoms with Gasteiger partial charge in [-0.25, -0.2) is 17.2 Å². The van der Waals surface area contributed by atoms with Gasteiger partial charge in [-0.15, -0.1) is 0 Å². The number of hydrogen-bond acceptors (Lipinski definition) is 4. The highest BCUT2D eigenvalue weighted by Crippen LogP contribution is 2.22. The minimum Gasteiger partial charge on any atom is -0.348 e. The molecule has 0 bridgehead atoms. The van der Waals surface area contributed by atoms with E-state index in [9.17, 15) is 22.0 Å². The van der Waals surface area contributed by atoms with Gasteiger partial charge in [0.1, 0.15) is 12.5 Å². The topological polar surface area (TPSA) is 88.2 Å². The average Bonchev–Trinajstić information content (AvgIpc) is 2.82. The van der Waals surface area contributed by atoms with Crippen LogP contribution in [-0.4, -0.2) is 25.6 Å². The number of halogens is 2. The van der Waals surface area contributed by atoms with Gasteiger partial charge in [-0.3, -0.25) is 14.5 Å². The van der Waals surface area contributed by atoms with Crippen LogP contribution in [0.25, 0.3) is 6.08 Å². The fourth-order valence-corrected chi connectivity index (χ4v) is 4.17. The van der Waals surface area contributed by atoms with Crippen molar-refractivity contribution in [2.24, 2.45) is 0 Å². The third kappa shape index (κ3) is 7.99. The van der Waals surface area contributed by atoms with Gasteiger partial charge in [0.05, 0.1) is 17.6 Å². The van der Waals surface area contributed by atoms with Crippen LogP contribution in [-0.2, 0) is 40.9 Å². The van der Waals surface area contributed by atoms with Gasteiger partial charge in [-0.2, -0.15) is 0 Å². The van der Waals surface area contributed by atoms with Crippen LogP contribution in [0, 0.1) is 12.7 Å². The smallest absolute Gasteiger partial charge is 0.244 e. The van der Waals surface area contributed by atoms with Crippen LogP contribution in [0.4, 0.5) is 14.5 Å². The molecule has 1 amide bonds. The summed E-state index contributed by atoms with van der Waals surface area (Å²) in [5.74, 6) is -1.12. The minimum atomic E-state index is -3.62. The van der Waals surface area contributed by atoms with Gasteiger partial charge in [-0.1, -0.05) is 42.5 Å². The zero-order chi connectivity index (χ0) is 25.4. The Kier molecular flexibility index (Phi) is 8.70. The fraction of sp³-hybridized carbons (Fsp3) is 0.231. The summed E-state index contributed by atoms with van der Waals surface area (Å²) in [7, 11) is -3.62. The third-order valence-corrected chi connectivity index (χ3v) is 5.79. The second-order valence-electron chi connectivity index (χ2n) is 8.15. The second kappa shape index (κ2) is 11.7. The van der Waals surface area contributed by atoms with E-state index in [1.807, 2.05) is 30.3 Å². The quantitative estimate of drug-likeness (QED) is 0.403. The summed E-state index contributed by atoms with van der Waals surface area (Å²) in [6, 6.07) is 16.0. The van der Waals surface area contributed by atoms with E-state index in [0.717, 1.165) is 18.2 Å². The molecule has 35 heavy (non-hydrogen) atoms. The molecule has 3 aromatic rings. The summed E-state index contributed by atoms with van der Waals surface area (Å²) < 4.78 is 52.4. The number of alkyl halides is 1. The van der Waals surface area contributed by atoms with Crippen molar-refractivity contribution in [3.05, 3.63) is 100 Å². The van der Waals surface area contributed by atoms with Crippen molar-refractivity contribution in [2.75, 3.05) is 11.0 Å². The summed E-state index contributed by atoms with van der Waals surface area (Å²) >= 11 is 0. The zero-order valence-electron chi connectivity index (χ0n) is 19.5. The number of aromatic nitrogens is 1. The van der Waals surface area contributed by atoms with Crippen molar-refractivity contribution in [3.63, 3.8) is 0 Å². The van der Waals surface area contributed by atoms with Crippen molar-refractivity contribution in [1.82, 2.24) is 10.3 Å². The Balaban J connectivity index is 1.66. The standard InChI is InChI=1S/C26H27F2N3O3S/c1-18-14-20(15-23(28)26(18)31-35(2,33)34)17-29-25(32)13-10-21-9-11-22(16-27)30-24(21)12-8-19-6-4-3-5-7-19/h3-7,9-11,13-15,31H,8,12,16-17H2,1-2H3,(H,29,32)/b13-10+. The molecule has 2 aromatic carbocycles. The number of benzene rings is 2. The van der Waals surface area contributed by atoms with Crippen molar-refractivity contribution in [3.8, 4) is 0 Å². The van der Waals surface area contributed by atoms with E-state index < -0.39 is 28.4 Å². The third-order valence-electron chi connectivity index (χ3n) is 5.21. The lowest BCUT2D eigenvalue weighted by Gasteiger charge is -2.11. The summed E-state index contributed by atoms with van der Waals surface area (Å²) in [6.45, 7) is 0.962. The molecule has 6 nitrogen and oxygen atoms in total. The van der Waals surface area contributed by atoms with Crippen LogP contribution >= 0.6 is 0 Å². The molecule has 0 aliphatic carbocycles. The molecule has 0 fully saturated rings.